The van der Waals surface area contributed by atoms with Crippen molar-refractivity contribution in [3.63, 3.8) is 0 Å². The van der Waals surface area contributed by atoms with Gasteiger partial charge in [0.05, 0.1) is 22.9 Å². The molecule has 4 aromatic rings. The third-order valence-electron chi connectivity index (χ3n) is 5.64. The molecule has 1 amide bonds. The van der Waals surface area contributed by atoms with Crippen molar-refractivity contribution in [3.8, 4) is 11.3 Å². The number of amides is 1. The number of nitro groups is 1. The molecule has 37 heavy (non-hydrogen) atoms. The van der Waals surface area contributed by atoms with Crippen LogP contribution in [0.2, 0.25) is 0 Å². The molecule has 1 saturated heterocycles. The van der Waals surface area contributed by atoms with E-state index in [9.17, 15) is 19.3 Å². The van der Waals surface area contributed by atoms with E-state index in [0.29, 0.717) is 40.2 Å². The number of thioether (sulfide) groups is 1. The number of hydrogen-bond acceptors (Lipinski definition) is 6. The second-order valence-electron chi connectivity index (χ2n) is 8.20. The molecule has 184 valence electrons. The minimum atomic E-state index is -0.920. The maximum absolute atomic E-state index is 13.7. The van der Waals surface area contributed by atoms with Crippen molar-refractivity contribution in [2.75, 3.05) is 0 Å². The lowest BCUT2D eigenvalue weighted by Gasteiger charge is -2.15. The Morgan fingerprint density at radius 1 is 0.973 bits per heavy atom. The van der Waals surface area contributed by atoms with Crippen molar-refractivity contribution in [3.05, 3.63) is 129 Å². The van der Waals surface area contributed by atoms with E-state index in [0.717, 1.165) is 23.3 Å². The van der Waals surface area contributed by atoms with E-state index in [1.807, 2.05) is 60.7 Å². The van der Waals surface area contributed by atoms with E-state index in [4.69, 9.17) is 9.41 Å². The molecular formula is C28H20FN3O4S. The van der Waals surface area contributed by atoms with Gasteiger partial charge < -0.3 is 4.42 Å². The van der Waals surface area contributed by atoms with E-state index in [1.54, 1.807) is 23.1 Å². The van der Waals surface area contributed by atoms with Gasteiger partial charge in [-0.15, -0.1) is 0 Å². The van der Waals surface area contributed by atoms with Gasteiger partial charge in [-0.05, 0) is 47.2 Å². The molecule has 1 fully saturated rings. The second kappa shape index (κ2) is 10.6. The number of carbonyl (C=O) groups excluding carboxylic acids is 1. The highest BCUT2D eigenvalue weighted by molar-refractivity contribution is 8.18. The Morgan fingerprint density at radius 3 is 2.38 bits per heavy atom. The Morgan fingerprint density at radius 2 is 1.68 bits per heavy atom. The largest absolute Gasteiger partial charge is 0.457 e. The van der Waals surface area contributed by atoms with E-state index < -0.39 is 16.4 Å². The Bertz CT molecular complexity index is 1520. The normalized spacial score (nSPS) is 15.6. The molecule has 7 nitrogen and oxygen atoms in total. The number of aliphatic imine (C=N–C) groups is 1. The van der Waals surface area contributed by atoms with Gasteiger partial charge in [0.2, 0.25) is 5.82 Å². The third kappa shape index (κ3) is 5.52. The summed E-state index contributed by atoms with van der Waals surface area (Å²) in [5.41, 5.74) is 1.73. The Kier molecular flexibility index (Phi) is 6.96. The molecule has 3 aromatic carbocycles. The number of carbonyl (C=O) groups is 1. The predicted octanol–water partition coefficient (Wildman–Crippen LogP) is 6.67. The van der Waals surface area contributed by atoms with Crippen molar-refractivity contribution in [2.45, 2.75) is 13.1 Å². The van der Waals surface area contributed by atoms with Gasteiger partial charge in [0.15, 0.2) is 5.17 Å². The summed E-state index contributed by atoms with van der Waals surface area (Å²) in [5, 5.41) is 11.7. The zero-order valence-corrected chi connectivity index (χ0v) is 20.2. The Hall–Kier alpha value is -4.50. The highest BCUT2D eigenvalue weighted by Gasteiger charge is 2.33. The second-order valence-corrected chi connectivity index (χ2v) is 9.21. The summed E-state index contributed by atoms with van der Waals surface area (Å²) in [6, 6.07) is 26.3. The molecule has 0 atom stereocenters. The molecule has 0 saturated carbocycles. The van der Waals surface area contributed by atoms with Gasteiger partial charge in [-0.25, -0.2) is 0 Å². The van der Waals surface area contributed by atoms with Crippen LogP contribution in [0, 0.1) is 15.9 Å². The fourth-order valence-electron chi connectivity index (χ4n) is 3.79. The lowest BCUT2D eigenvalue weighted by Crippen LogP contribution is -2.28. The number of furan rings is 1. The minimum absolute atomic E-state index is 0.198. The van der Waals surface area contributed by atoms with Gasteiger partial charge in [-0.3, -0.25) is 24.8 Å². The highest BCUT2D eigenvalue weighted by atomic mass is 32.2. The number of nitro benzene ring substituents is 1. The molecule has 1 aliphatic heterocycles. The Balaban J connectivity index is 1.42. The van der Waals surface area contributed by atoms with Crippen molar-refractivity contribution < 1.29 is 18.5 Å². The standard InChI is InChI=1S/C28H20FN3O4S/c29-23-13-11-21(15-24(23)32(34)35)25-14-12-22(36-25)16-26-27(33)31(18-20-9-5-2-6-10-20)28(37-26)30-17-19-7-3-1-4-8-19/h1-16H,17-18H2/b26-16-,30-28?. The molecule has 0 radical (unpaired) electrons. The fraction of sp³-hybridized carbons (Fsp3) is 0.0714. The SMILES string of the molecule is O=C1/C(=C/c2ccc(-c3ccc(F)c([N+](=O)[O-])c3)o2)SC(=NCc2ccccc2)N1Cc1ccccc1. The maximum Gasteiger partial charge on any atom is 0.305 e. The molecule has 5 rings (SSSR count). The van der Waals surface area contributed by atoms with E-state index >= 15 is 0 Å². The number of benzene rings is 3. The molecule has 9 heteroatoms. The first-order chi connectivity index (χ1) is 18.0. The van der Waals surface area contributed by atoms with Gasteiger partial charge >= 0.3 is 5.69 Å². The van der Waals surface area contributed by atoms with Crippen LogP contribution < -0.4 is 0 Å². The van der Waals surface area contributed by atoms with Crippen LogP contribution in [0.1, 0.15) is 16.9 Å². The third-order valence-corrected chi connectivity index (χ3v) is 6.68. The van der Waals surface area contributed by atoms with Crippen LogP contribution in [0.15, 0.2) is 105 Å². The van der Waals surface area contributed by atoms with E-state index in [-0.39, 0.29) is 5.91 Å². The van der Waals surface area contributed by atoms with Crippen molar-refractivity contribution in [2.24, 2.45) is 4.99 Å². The first kappa shape index (κ1) is 24.2. The molecule has 2 heterocycles. The average Bonchev–Trinajstić information content (AvgIpc) is 3.49. The van der Waals surface area contributed by atoms with Crippen LogP contribution in [0.5, 0.6) is 0 Å². The Labute approximate surface area is 216 Å². The summed E-state index contributed by atoms with van der Waals surface area (Å²) in [6.45, 7) is 0.809. The smallest absolute Gasteiger partial charge is 0.305 e. The minimum Gasteiger partial charge on any atom is -0.457 e. The topological polar surface area (TPSA) is 88.9 Å². The van der Waals surface area contributed by atoms with Gasteiger partial charge in [0.25, 0.3) is 5.91 Å². The van der Waals surface area contributed by atoms with Crippen LogP contribution in [-0.2, 0) is 17.9 Å². The number of rotatable bonds is 7. The molecule has 0 bridgehead atoms. The summed E-state index contributed by atoms with van der Waals surface area (Å²) in [7, 11) is 0. The number of nitrogens with zero attached hydrogens (tertiary/aromatic N) is 3. The molecule has 0 spiro atoms. The molecule has 1 aliphatic rings. The van der Waals surface area contributed by atoms with E-state index in [2.05, 4.69) is 0 Å². The zero-order valence-electron chi connectivity index (χ0n) is 19.4. The quantitative estimate of drug-likeness (QED) is 0.156. The summed E-state index contributed by atoms with van der Waals surface area (Å²) in [6.07, 6.45) is 1.62. The molecule has 0 N–H and O–H groups in total. The predicted molar refractivity (Wildman–Crippen MR) is 141 cm³/mol. The summed E-state index contributed by atoms with van der Waals surface area (Å²) in [5.74, 6) is -0.404. The van der Waals surface area contributed by atoms with Crippen molar-refractivity contribution in [1.82, 2.24) is 4.90 Å². The molecule has 0 aliphatic carbocycles. The summed E-state index contributed by atoms with van der Waals surface area (Å²) < 4.78 is 19.5. The number of amidine groups is 1. The highest BCUT2D eigenvalue weighted by Crippen LogP contribution is 2.35. The molecule has 0 unspecified atom stereocenters. The van der Waals surface area contributed by atoms with Gasteiger partial charge in [-0.1, -0.05) is 60.7 Å². The average molecular weight is 514 g/mol. The van der Waals surface area contributed by atoms with Crippen molar-refractivity contribution in [1.29, 1.82) is 0 Å². The van der Waals surface area contributed by atoms with Crippen LogP contribution in [0.4, 0.5) is 10.1 Å². The van der Waals surface area contributed by atoms with Crippen LogP contribution >= 0.6 is 11.8 Å². The van der Waals surface area contributed by atoms with E-state index in [1.165, 1.54) is 17.8 Å². The fourth-order valence-corrected chi connectivity index (χ4v) is 4.75. The van der Waals surface area contributed by atoms with Gasteiger partial charge in [0.1, 0.15) is 11.5 Å². The van der Waals surface area contributed by atoms with Crippen LogP contribution in [0.25, 0.3) is 17.4 Å². The molecule has 1 aromatic heterocycles. The lowest BCUT2D eigenvalue weighted by molar-refractivity contribution is -0.387. The summed E-state index contributed by atoms with van der Waals surface area (Å²) in [4.78, 5) is 30.5. The first-order valence-electron chi connectivity index (χ1n) is 11.4. The van der Waals surface area contributed by atoms with Crippen LogP contribution in [-0.4, -0.2) is 20.9 Å². The monoisotopic (exact) mass is 513 g/mol. The van der Waals surface area contributed by atoms with Gasteiger partial charge in [-0.2, -0.15) is 4.39 Å². The van der Waals surface area contributed by atoms with Crippen LogP contribution in [0.3, 0.4) is 0 Å². The number of halogens is 1. The maximum atomic E-state index is 13.7. The van der Waals surface area contributed by atoms with Crippen molar-refractivity contribution >= 4 is 34.6 Å². The lowest BCUT2D eigenvalue weighted by atomic mass is 10.1. The first-order valence-corrected chi connectivity index (χ1v) is 12.2. The molecular weight excluding hydrogens is 493 g/mol. The zero-order chi connectivity index (χ0) is 25.8. The number of hydrogen-bond donors (Lipinski definition) is 0. The summed E-state index contributed by atoms with van der Waals surface area (Å²) >= 11 is 1.26. The van der Waals surface area contributed by atoms with Gasteiger partial charge in [0, 0.05) is 17.7 Å².